The van der Waals surface area contributed by atoms with Gasteiger partial charge in [0.25, 0.3) is 5.91 Å². The zero-order valence-corrected chi connectivity index (χ0v) is 30.1. The van der Waals surface area contributed by atoms with Crippen LogP contribution in [-0.4, -0.2) is 70.8 Å². The van der Waals surface area contributed by atoms with Gasteiger partial charge in [0.1, 0.15) is 30.0 Å². The first-order chi connectivity index (χ1) is 25.9. The number of imidazole rings is 2. The molecule has 6 aromatic rings. The molecule has 0 saturated carbocycles. The number of methoxy groups -OCH3 is 2. The minimum atomic E-state index is -0.878. The minimum absolute atomic E-state index is 0.202. The molecule has 2 aromatic heterocycles. The summed E-state index contributed by atoms with van der Waals surface area (Å²) in [6.07, 6.45) is 2.80. The quantitative estimate of drug-likeness (QED) is 0.115. The molecule has 0 aliphatic carbocycles. The SMILES string of the molecule is COC[C@@H](C)CNCc1ncc(-c2ccc3c(c2)COc2cc4c(ccc5[nH]c([C@@H]6CCCN6C(=O)[C@H](NC(=O)OC)c6ccccc6)nc54)cc2-3)[nH]1. The van der Waals surface area contributed by atoms with Gasteiger partial charge in [-0.15, -0.1) is 0 Å². The smallest absolute Gasteiger partial charge is 0.407 e. The summed E-state index contributed by atoms with van der Waals surface area (Å²) in [5.41, 5.74) is 7.72. The molecule has 4 heterocycles. The van der Waals surface area contributed by atoms with Crippen molar-refractivity contribution in [3.63, 3.8) is 0 Å². The fourth-order valence-electron chi connectivity index (χ4n) is 7.60. The highest BCUT2D eigenvalue weighted by Gasteiger charge is 2.37. The molecule has 4 aromatic carbocycles. The zero-order chi connectivity index (χ0) is 36.5. The average molecular weight is 714 g/mol. The summed E-state index contributed by atoms with van der Waals surface area (Å²) in [6.45, 7) is 5.40. The first kappa shape index (κ1) is 34.4. The van der Waals surface area contributed by atoms with Crippen molar-refractivity contribution in [3.8, 4) is 28.1 Å². The van der Waals surface area contributed by atoms with Crippen LogP contribution in [0, 0.1) is 5.92 Å². The molecule has 1 fully saturated rings. The summed E-state index contributed by atoms with van der Waals surface area (Å²) in [4.78, 5) is 44.8. The molecule has 2 amide bonds. The molecule has 0 bridgehead atoms. The minimum Gasteiger partial charge on any atom is -0.488 e. The molecular formula is C41H43N7O5. The fourth-order valence-corrected chi connectivity index (χ4v) is 7.60. The van der Waals surface area contributed by atoms with E-state index in [9.17, 15) is 9.59 Å². The predicted octanol–water partition coefficient (Wildman–Crippen LogP) is 6.80. The molecule has 2 aliphatic rings. The first-order valence-electron chi connectivity index (χ1n) is 18.1. The van der Waals surface area contributed by atoms with Crippen LogP contribution in [0.15, 0.2) is 79.0 Å². The number of fused-ring (bicyclic) bond motifs is 6. The van der Waals surface area contributed by atoms with E-state index in [1.54, 1.807) is 7.11 Å². The summed E-state index contributed by atoms with van der Waals surface area (Å²) in [5.74, 6) is 2.65. The Morgan fingerprint density at radius 3 is 2.74 bits per heavy atom. The van der Waals surface area contributed by atoms with Crippen molar-refractivity contribution in [2.45, 2.75) is 45.0 Å². The molecule has 0 radical (unpaired) electrons. The summed E-state index contributed by atoms with van der Waals surface area (Å²) in [5, 5.41) is 8.20. The maximum atomic E-state index is 14.0. The Labute approximate surface area is 307 Å². The number of alkyl carbamates (subject to hydrolysis) is 1. The van der Waals surface area contributed by atoms with Gasteiger partial charge in [-0.25, -0.2) is 14.8 Å². The van der Waals surface area contributed by atoms with Crippen molar-refractivity contribution in [3.05, 3.63) is 102 Å². The molecule has 12 heteroatoms. The number of amides is 2. The number of H-pyrrole nitrogens is 2. The normalized spacial score (nSPS) is 16.2. The highest BCUT2D eigenvalue weighted by molar-refractivity contribution is 6.07. The maximum Gasteiger partial charge on any atom is 0.407 e. The van der Waals surface area contributed by atoms with Gasteiger partial charge in [-0.3, -0.25) is 4.79 Å². The average Bonchev–Trinajstić information content (AvgIpc) is 3.96. The van der Waals surface area contributed by atoms with Gasteiger partial charge in [0.2, 0.25) is 0 Å². The molecular weight excluding hydrogens is 670 g/mol. The highest BCUT2D eigenvalue weighted by Crippen LogP contribution is 2.43. The predicted molar refractivity (Wildman–Crippen MR) is 202 cm³/mol. The number of carbonyl (C=O) groups excluding carboxylic acids is 2. The van der Waals surface area contributed by atoms with Crippen LogP contribution >= 0.6 is 0 Å². The molecule has 1 saturated heterocycles. The molecule has 12 nitrogen and oxygen atoms in total. The van der Waals surface area contributed by atoms with Crippen LogP contribution in [0.4, 0.5) is 4.79 Å². The Morgan fingerprint density at radius 2 is 1.91 bits per heavy atom. The van der Waals surface area contributed by atoms with Crippen LogP contribution in [0.2, 0.25) is 0 Å². The molecule has 4 N–H and O–H groups in total. The van der Waals surface area contributed by atoms with E-state index in [1.807, 2.05) is 47.5 Å². The summed E-state index contributed by atoms with van der Waals surface area (Å²) in [6, 6.07) is 23.0. The van der Waals surface area contributed by atoms with E-state index in [-0.39, 0.29) is 11.9 Å². The van der Waals surface area contributed by atoms with Gasteiger partial charge in [-0.1, -0.05) is 55.5 Å². The number of nitrogens with one attached hydrogen (secondary N) is 4. The lowest BCUT2D eigenvalue weighted by Gasteiger charge is -2.28. The third kappa shape index (κ3) is 6.83. The largest absolute Gasteiger partial charge is 0.488 e. The number of likely N-dealkylation sites (tertiary alicyclic amines) is 1. The molecule has 0 unspecified atom stereocenters. The third-order valence-electron chi connectivity index (χ3n) is 10.2. The number of rotatable bonds is 11. The van der Waals surface area contributed by atoms with Crippen molar-refractivity contribution in [2.24, 2.45) is 5.92 Å². The van der Waals surface area contributed by atoms with Gasteiger partial charge in [-0.05, 0) is 70.7 Å². The van der Waals surface area contributed by atoms with Crippen LogP contribution in [0.3, 0.4) is 0 Å². The third-order valence-corrected chi connectivity index (χ3v) is 10.2. The molecule has 2 aliphatic heterocycles. The van der Waals surface area contributed by atoms with Gasteiger partial charge in [-0.2, -0.15) is 0 Å². The lowest BCUT2D eigenvalue weighted by atomic mass is 9.92. The molecule has 0 spiro atoms. The van der Waals surface area contributed by atoms with E-state index in [1.165, 1.54) is 7.11 Å². The van der Waals surface area contributed by atoms with E-state index in [0.717, 1.165) is 93.1 Å². The van der Waals surface area contributed by atoms with Gasteiger partial charge in [0, 0.05) is 37.8 Å². The number of nitrogens with zero attached hydrogens (tertiary/aromatic N) is 3. The van der Waals surface area contributed by atoms with Gasteiger partial charge in [0.15, 0.2) is 0 Å². The van der Waals surface area contributed by atoms with E-state index in [0.29, 0.717) is 31.2 Å². The maximum absolute atomic E-state index is 14.0. The highest BCUT2D eigenvalue weighted by atomic mass is 16.5. The van der Waals surface area contributed by atoms with Crippen LogP contribution in [0.5, 0.6) is 5.75 Å². The lowest BCUT2D eigenvalue weighted by Crippen LogP contribution is -2.42. The molecule has 53 heavy (non-hydrogen) atoms. The Bertz CT molecular complexity index is 2280. The van der Waals surface area contributed by atoms with Gasteiger partial charge in [0.05, 0.1) is 42.6 Å². The fraction of sp³-hybridized carbons (Fsp3) is 0.317. The zero-order valence-electron chi connectivity index (χ0n) is 30.1. The van der Waals surface area contributed by atoms with E-state index in [2.05, 4.69) is 68.9 Å². The second-order valence-electron chi connectivity index (χ2n) is 13.9. The van der Waals surface area contributed by atoms with Crippen molar-refractivity contribution < 1.29 is 23.8 Å². The number of aromatic nitrogens is 4. The van der Waals surface area contributed by atoms with Crippen molar-refractivity contribution in [2.75, 3.05) is 33.9 Å². The number of benzene rings is 4. The Balaban J connectivity index is 1.04. The number of carbonyl (C=O) groups is 2. The van der Waals surface area contributed by atoms with Crippen LogP contribution < -0.4 is 15.4 Å². The summed E-state index contributed by atoms with van der Waals surface area (Å²) < 4.78 is 16.5. The first-order valence-corrected chi connectivity index (χ1v) is 18.1. The van der Waals surface area contributed by atoms with E-state index >= 15 is 0 Å². The summed E-state index contributed by atoms with van der Waals surface area (Å²) in [7, 11) is 3.02. The van der Waals surface area contributed by atoms with E-state index < -0.39 is 12.1 Å². The standard InChI is InChI=1S/C41H43N7O5/c1-24(22-51-2)19-42-21-36-43-20-33(44-36)27-11-13-29-28(16-27)23-53-35-18-30-26(17-31(29)35)12-14-32-38(30)46-39(45-32)34-10-7-15-48(34)40(49)37(47-41(50)52-3)25-8-5-4-6-9-25/h4-6,8-9,11-14,16-18,20,24,34,37,42H,7,10,15,19,21-23H2,1-3H3,(H,43,44)(H,45,46)(H,47,50)/t24-,34-,37+/m0/s1. The number of aromatic amines is 2. The topological polar surface area (TPSA) is 146 Å². The van der Waals surface area contributed by atoms with Crippen LogP contribution in [0.25, 0.3) is 44.2 Å². The number of hydrogen-bond acceptors (Lipinski definition) is 8. The molecule has 272 valence electrons. The lowest BCUT2D eigenvalue weighted by molar-refractivity contribution is -0.134. The Morgan fingerprint density at radius 1 is 1.04 bits per heavy atom. The van der Waals surface area contributed by atoms with Crippen molar-refractivity contribution >= 4 is 33.8 Å². The Hall–Kier alpha value is -5.72. The second kappa shape index (κ2) is 14.7. The van der Waals surface area contributed by atoms with E-state index in [4.69, 9.17) is 19.2 Å². The molecule has 8 rings (SSSR count). The van der Waals surface area contributed by atoms with Crippen molar-refractivity contribution in [1.82, 2.24) is 35.5 Å². The number of hydrogen-bond donors (Lipinski definition) is 4. The Kier molecular flexibility index (Phi) is 9.55. The van der Waals surface area contributed by atoms with Crippen molar-refractivity contribution in [1.29, 1.82) is 0 Å². The van der Waals surface area contributed by atoms with Gasteiger partial charge >= 0.3 is 6.09 Å². The second-order valence-corrected chi connectivity index (χ2v) is 13.9. The monoisotopic (exact) mass is 713 g/mol. The summed E-state index contributed by atoms with van der Waals surface area (Å²) >= 11 is 0. The van der Waals surface area contributed by atoms with Crippen LogP contribution in [0.1, 0.15) is 54.6 Å². The molecule has 3 atom stereocenters. The number of ether oxygens (including phenoxy) is 3. The van der Waals surface area contributed by atoms with Gasteiger partial charge < -0.3 is 39.7 Å². The van der Waals surface area contributed by atoms with Crippen LogP contribution in [-0.2, 0) is 27.4 Å².